The number of halogens is 2. The van der Waals surface area contributed by atoms with Crippen LogP contribution in [0.5, 0.6) is 5.75 Å². The molecule has 3 aromatic rings. The number of carbonyl (C=O) groups is 2. The Kier molecular flexibility index (Phi) is 10.2. The van der Waals surface area contributed by atoms with Gasteiger partial charge in [0.1, 0.15) is 11.4 Å². The van der Waals surface area contributed by atoms with E-state index < -0.39 is 17.8 Å². The highest BCUT2D eigenvalue weighted by atomic mass is 35.5. The van der Waals surface area contributed by atoms with E-state index in [1.54, 1.807) is 12.1 Å². The van der Waals surface area contributed by atoms with Gasteiger partial charge in [0.15, 0.2) is 5.72 Å². The summed E-state index contributed by atoms with van der Waals surface area (Å²) in [7, 11) is 4.06. The largest absolute Gasteiger partial charge is 0.507 e. The van der Waals surface area contributed by atoms with Crippen LogP contribution < -0.4 is 10.1 Å². The lowest BCUT2D eigenvalue weighted by Crippen LogP contribution is -2.68. The van der Waals surface area contributed by atoms with Gasteiger partial charge >= 0.3 is 6.16 Å². The average Bonchev–Trinajstić information content (AvgIpc) is 2.99. The molecule has 1 amide bonds. The standard InChI is InChI=1S/C36H42ClN3O5.ClH/c1-21-7-5-6-8-28(21)29-10-12-31(38-33(29)25-9-11-30(37)32(20-25)44-22(2)13-14-40(3)4)34(41)39-36(45-35(42)43)26-16-23-15-24(18-26)19-27(36)17-23;/h5-12,20,22-24,26-27H,13-19H2,1-4H3,(H,39,41)(H,42,43);1H. The predicted octanol–water partition coefficient (Wildman–Crippen LogP) is 8.10. The summed E-state index contributed by atoms with van der Waals surface area (Å²) in [5.74, 6) is 1.18. The van der Waals surface area contributed by atoms with Gasteiger partial charge in [0.05, 0.1) is 16.8 Å². The van der Waals surface area contributed by atoms with Crippen LogP contribution in [0.15, 0.2) is 54.6 Å². The lowest BCUT2D eigenvalue weighted by atomic mass is 9.52. The van der Waals surface area contributed by atoms with Crippen LogP contribution in [-0.4, -0.2) is 59.5 Å². The zero-order valence-electron chi connectivity index (χ0n) is 26.8. The van der Waals surface area contributed by atoms with Gasteiger partial charge in [-0.05, 0) is 114 Å². The number of pyridine rings is 1. The molecular formula is C36H43Cl2N3O5. The molecule has 0 spiro atoms. The molecule has 7 rings (SSSR count). The third-order valence-electron chi connectivity index (χ3n) is 9.99. The van der Waals surface area contributed by atoms with Crippen molar-refractivity contribution < 1.29 is 24.2 Å². The summed E-state index contributed by atoms with van der Waals surface area (Å²) in [6.45, 7) is 4.94. The average molecular weight is 669 g/mol. The molecule has 8 nitrogen and oxygen atoms in total. The van der Waals surface area contributed by atoms with E-state index in [0.29, 0.717) is 28.3 Å². The highest BCUT2D eigenvalue weighted by Crippen LogP contribution is 2.58. The van der Waals surface area contributed by atoms with Gasteiger partial charge in [-0.1, -0.05) is 41.9 Å². The number of amides is 1. The van der Waals surface area contributed by atoms with Crippen molar-refractivity contribution in [2.24, 2.45) is 23.7 Å². The maximum Gasteiger partial charge on any atom is 0.507 e. The van der Waals surface area contributed by atoms with Crippen molar-refractivity contribution in [1.82, 2.24) is 15.2 Å². The van der Waals surface area contributed by atoms with E-state index in [1.165, 1.54) is 6.42 Å². The van der Waals surface area contributed by atoms with E-state index in [0.717, 1.165) is 60.9 Å². The number of benzene rings is 2. The van der Waals surface area contributed by atoms with Crippen molar-refractivity contribution in [3.8, 4) is 28.1 Å². The summed E-state index contributed by atoms with van der Waals surface area (Å²) in [5.41, 5.74) is 3.26. The Morgan fingerprint density at radius 2 is 1.70 bits per heavy atom. The quantitative estimate of drug-likeness (QED) is 0.166. The molecule has 1 heterocycles. The Balaban J connectivity index is 0.00000417. The SMILES string of the molecule is Cc1ccccc1-c1ccc(C(=O)NC2(OC(=O)O)C3CC4CC(C3)CC2C4)nc1-c1ccc(Cl)c(OC(C)CCN(C)C)c1.Cl. The van der Waals surface area contributed by atoms with Crippen LogP contribution in [-0.2, 0) is 4.74 Å². The topological polar surface area (TPSA) is 101 Å². The first-order valence-electron chi connectivity index (χ1n) is 15.9. The van der Waals surface area contributed by atoms with Gasteiger partial charge in [0.25, 0.3) is 5.91 Å². The maximum absolute atomic E-state index is 14.0. The molecule has 10 heteroatoms. The molecule has 4 saturated carbocycles. The Labute approximate surface area is 282 Å². The fraction of sp³-hybridized carbons (Fsp3) is 0.472. The molecule has 246 valence electrons. The molecule has 0 aliphatic heterocycles. The van der Waals surface area contributed by atoms with Crippen LogP contribution in [0.4, 0.5) is 4.79 Å². The number of carboxylic acid groups (broad SMARTS) is 1. The van der Waals surface area contributed by atoms with Gasteiger partial charge in [-0.15, -0.1) is 12.4 Å². The molecule has 1 atom stereocenters. The van der Waals surface area contributed by atoms with Crippen molar-refractivity contribution in [3.05, 3.63) is 70.9 Å². The lowest BCUT2D eigenvalue weighted by molar-refractivity contribution is -0.191. The number of rotatable bonds is 10. The fourth-order valence-corrected chi connectivity index (χ4v) is 8.18. The molecule has 4 aliphatic carbocycles. The number of carbonyl (C=O) groups excluding carboxylic acids is 1. The minimum atomic E-state index is -1.36. The van der Waals surface area contributed by atoms with E-state index in [1.807, 2.05) is 70.4 Å². The van der Waals surface area contributed by atoms with E-state index in [4.69, 9.17) is 26.1 Å². The number of nitrogens with one attached hydrogen (secondary N) is 1. The number of aromatic nitrogens is 1. The number of aryl methyl sites for hydroxylation is 1. The molecule has 46 heavy (non-hydrogen) atoms. The van der Waals surface area contributed by atoms with Crippen molar-refractivity contribution in [1.29, 1.82) is 0 Å². The Morgan fingerprint density at radius 3 is 2.33 bits per heavy atom. The Hall–Kier alpha value is -3.33. The summed E-state index contributed by atoms with van der Waals surface area (Å²) in [6.07, 6.45) is 4.07. The van der Waals surface area contributed by atoms with Crippen LogP contribution in [0.1, 0.15) is 61.5 Å². The molecule has 0 saturated heterocycles. The number of ether oxygens (including phenoxy) is 2. The first kappa shape index (κ1) is 34.0. The van der Waals surface area contributed by atoms with Crippen LogP contribution >= 0.6 is 24.0 Å². The predicted molar refractivity (Wildman–Crippen MR) is 182 cm³/mol. The van der Waals surface area contributed by atoms with Crippen molar-refractivity contribution >= 4 is 36.1 Å². The van der Waals surface area contributed by atoms with E-state index in [9.17, 15) is 14.7 Å². The number of hydrogen-bond donors (Lipinski definition) is 2. The van der Waals surface area contributed by atoms with Crippen LogP contribution in [0.3, 0.4) is 0 Å². The Morgan fingerprint density at radius 1 is 1.02 bits per heavy atom. The molecule has 4 bridgehead atoms. The van der Waals surface area contributed by atoms with Gasteiger partial charge in [0, 0.05) is 29.5 Å². The summed E-state index contributed by atoms with van der Waals surface area (Å²) in [4.78, 5) is 33.1. The zero-order chi connectivity index (χ0) is 31.9. The maximum atomic E-state index is 14.0. The monoisotopic (exact) mass is 667 g/mol. The van der Waals surface area contributed by atoms with Gasteiger partial charge in [0.2, 0.25) is 0 Å². The third-order valence-corrected chi connectivity index (χ3v) is 10.3. The van der Waals surface area contributed by atoms with Crippen LogP contribution in [0.2, 0.25) is 5.02 Å². The number of nitrogens with zero attached hydrogens (tertiary/aromatic N) is 2. The molecule has 1 aromatic heterocycles. The molecule has 0 radical (unpaired) electrons. The lowest BCUT2D eigenvalue weighted by Gasteiger charge is -2.59. The molecule has 2 aromatic carbocycles. The summed E-state index contributed by atoms with van der Waals surface area (Å²) >= 11 is 6.60. The number of hydrogen-bond acceptors (Lipinski definition) is 6. The Bertz CT molecular complexity index is 1570. The minimum Gasteiger partial charge on any atom is -0.489 e. The van der Waals surface area contributed by atoms with Gasteiger partial charge in [-0.3, -0.25) is 4.79 Å². The highest BCUT2D eigenvalue weighted by Gasteiger charge is 2.60. The summed E-state index contributed by atoms with van der Waals surface area (Å²) in [5, 5.41) is 13.4. The first-order chi connectivity index (χ1) is 21.5. The smallest absolute Gasteiger partial charge is 0.489 e. The van der Waals surface area contributed by atoms with Gasteiger partial charge < -0.3 is 24.8 Å². The van der Waals surface area contributed by atoms with E-state index >= 15 is 0 Å². The molecule has 1 unspecified atom stereocenters. The van der Waals surface area contributed by atoms with Gasteiger partial charge in [-0.2, -0.15) is 0 Å². The van der Waals surface area contributed by atoms with Crippen molar-refractivity contribution in [2.75, 3.05) is 20.6 Å². The second-order valence-electron chi connectivity index (χ2n) is 13.5. The summed E-state index contributed by atoms with van der Waals surface area (Å²) in [6, 6.07) is 17.2. The van der Waals surface area contributed by atoms with Crippen LogP contribution in [0.25, 0.3) is 22.4 Å². The highest BCUT2D eigenvalue weighted by molar-refractivity contribution is 6.32. The van der Waals surface area contributed by atoms with E-state index in [-0.39, 0.29) is 36.0 Å². The zero-order valence-corrected chi connectivity index (χ0v) is 28.4. The minimum absolute atomic E-state index is 0. The van der Waals surface area contributed by atoms with Crippen molar-refractivity contribution in [3.63, 3.8) is 0 Å². The normalized spacial score (nSPS) is 25.1. The second kappa shape index (κ2) is 13.8. The third kappa shape index (κ3) is 6.85. The first-order valence-corrected chi connectivity index (χ1v) is 16.3. The molecule has 4 aliphatic rings. The van der Waals surface area contributed by atoms with Crippen molar-refractivity contribution in [2.45, 2.75) is 64.2 Å². The van der Waals surface area contributed by atoms with Gasteiger partial charge in [-0.25, -0.2) is 9.78 Å². The fourth-order valence-electron chi connectivity index (χ4n) is 8.02. The molecule has 2 N–H and O–H groups in total. The summed E-state index contributed by atoms with van der Waals surface area (Å²) < 4.78 is 11.9. The van der Waals surface area contributed by atoms with E-state index in [2.05, 4.69) is 10.2 Å². The molecular weight excluding hydrogens is 625 g/mol. The second-order valence-corrected chi connectivity index (χ2v) is 13.9. The molecule has 4 fully saturated rings. The van der Waals surface area contributed by atoms with Crippen LogP contribution in [0, 0.1) is 30.6 Å².